The molecule has 0 heterocycles. The van der Waals surface area contributed by atoms with Crippen LogP contribution in [0, 0.1) is 17.8 Å². The molecular formula is C16H22O2. The fourth-order valence-corrected chi connectivity index (χ4v) is 1.66. The van der Waals surface area contributed by atoms with E-state index in [1.165, 1.54) is 0 Å². The van der Waals surface area contributed by atoms with E-state index in [0.717, 1.165) is 12.0 Å². The second kappa shape index (κ2) is 7.92. The molecule has 1 rings (SSSR count). The number of benzene rings is 1. The van der Waals surface area contributed by atoms with Crippen molar-refractivity contribution in [3.05, 3.63) is 35.9 Å². The fourth-order valence-electron chi connectivity index (χ4n) is 1.66. The lowest BCUT2D eigenvalue weighted by molar-refractivity contribution is -0.0473. The Balaban J connectivity index is 2.42. The van der Waals surface area contributed by atoms with E-state index in [9.17, 15) is 5.11 Å². The van der Waals surface area contributed by atoms with E-state index in [-0.39, 0.29) is 12.0 Å². The van der Waals surface area contributed by atoms with E-state index < -0.39 is 6.10 Å². The molecule has 0 spiro atoms. The van der Waals surface area contributed by atoms with Gasteiger partial charge in [0.1, 0.15) is 0 Å². The van der Waals surface area contributed by atoms with E-state index in [2.05, 4.69) is 11.8 Å². The minimum absolute atomic E-state index is 0.0595. The summed E-state index contributed by atoms with van der Waals surface area (Å²) in [5, 5.41) is 10.1. The molecule has 0 aliphatic heterocycles. The van der Waals surface area contributed by atoms with Gasteiger partial charge in [0, 0.05) is 12.3 Å². The molecule has 0 saturated heterocycles. The fraction of sp³-hybridized carbons (Fsp3) is 0.500. The van der Waals surface area contributed by atoms with Crippen LogP contribution in [0.4, 0.5) is 0 Å². The first-order valence-corrected chi connectivity index (χ1v) is 6.47. The predicted octanol–water partition coefficient (Wildman–Crippen LogP) is 3.00. The molecule has 0 fully saturated rings. The number of ether oxygens (including phenoxy) is 1. The highest BCUT2D eigenvalue weighted by Crippen LogP contribution is 2.12. The van der Waals surface area contributed by atoms with Crippen molar-refractivity contribution in [2.75, 3.05) is 0 Å². The highest BCUT2D eigenvalue weighted by Gasteiger charge is 2.20. The van der Waals surface area contributed by atoms with Crippen LogP contribution >= 0.6 is 0 Å². The van der Waals surface area contributed by atoms with Crippen molar-refractivity contribution < 1.29 is 9.84 Å². The lowest BCUT2D eigenvalue weighted by Crippen LogP contribution is -2.31. The molecule has 0 aliphatic carbocycles. The Kier molecular flexibility index (Phi) is 6.49. The molecule has 3 atom stereocenters. The molecule has 1 N–H and O–H groups in total. The van der Waals surface area contributed by atoms with Gasteiger partial charge >= 0.3 is 0 Å². The third-order valence-electron chi connectivity index (χ3n) is 2.86. The number of aliphatic hydroxyl groups excluding tert-OH is 1. The van der Waals surface area contributed by atoms with Gasteiger partial charge in [-0.15, -0.1) is 5.92 Å². The standard InChI is InChI=1S/C16H22O2/c1-4-5-9-13(2)16(17)14(3)18-12-15-10-7-6-8-11-15/h6-8,10-11,13-14,16-17H,4,12H2,1-3H3/t13-,14+,16+/m1/s1. The number of hydrogen-bond donors (Lipinski definition) is 1. The number of aliphatic hydroxyl groups is 1. The van der Waals surface area contributed by atoms with Crippen LogP contribution in [0.3, 0.4) is 0 Å². The van der Waals surface area contributed by atoms with Crippen LogP contribution in [-0.2, 0) is 11.3 Å². The zero-order valence-electron chi connectivity index (χ0n) is 11.4. The molecule has 0 radical (unpaired) electrons. The van der Waals surface area contributed by atoms with Crippen molar-refractivity contribution in [3.63, 3.8) is 0 Å². The monoisotopic (exact) mass is 246 g/mol. The van der Waals surface area contributed by atoms with Gasteiger partial charge in [-0.2, -0.15) is 0 Å². The Labute approximate surface area is 110 Å². The molecular weight excluding hydrogens is 224 g/mol. The van der Waals surface area contributed by atoms with E-state index in [1.54, 1.807) is 0 Å². The molecule has 0 saturated carbocycles. The summed E-state index contributed by atoms with van der Waals surface area (Å²) in [4.78, 5) is 0. The second-order valence-corrected chi connectivity index (χ2v) is 4.46. The summed E-state index contributed by atoms with van der Waals surface area (Å²) in [5.74, 6) is 5.96. The van der Waals surface area contributed by atoms with Crippen molar-refractivity contribution >= 4 is 0 Å². The van der Waals surface area contributed by atoms with Crippen LogP contribution in [0.25, 0.3) is 0 Å². The van der Waals surface area contributed by atoms with Crippen LogP contribution in [0.2, 0.25) is 0 Å². The van der Waals surface area contributed by atoms with Crippen molar-refractivity contribution in [2.24, 2.45) is 5.92 Å². The minimum atomic E-state index is -0.548. The quantitative estimate of drug-likeness (QED) is 0.809. The van der Waals surface area contributed by atoms with Crippen LogP contribution in [0.5, 0.6) is 0 Å². The van der Waals surface area contributed by atoms with Crippen LogP contribution in [-0.4, -0.2) is 17.3 Å². The molecule has 2 heteroatoms. The highest BCUT2D eigenvalue weighted by atomic mass is 16.5. The molecule has 1 aromatic carbocycles. The largest absolute Gasteiger partial charge is 0.389 e. The van der Waals surface area contributed by atoms with Crippen LogP contribution < -0.4 is 0 Å². The molecule has 98 valence electrons. The summed E-state index contributed by atoms with van der Waals surface area (Å²) in [6, 6.07) is 9.97. The van der Waals surface area contributed by atoms with Gasteiger partial charge in [0.25, 0.3) is 0 Å². The van der Waals surface area contributed by atoms with Crippen LogP contribution in [0.1, 0.15) is 32.8 Å². The first kappa shape index (κ1) is 14.8. The average Bonchev–Trinajstić information content (AvgIpc) is 2.42. The Morgan fingerprint density at radius 3 is 2.50 bits per heavy atom. The number of rotatable bonds is 5. The molecule has 0 bridgehead atoms. The first-order chi connectivity index (χ1) is 8.65. The van der Waals surface area contributed by atoms with E-state index >= 15 is 0 Å². The van der Waals surface area contributed by atoms with Gasteiger partial charge < -0.3 is 9.84 Å². The van der Waals surface area contributed by atoms with Crippen molar-refractivity contribution in [3.8, 4) is 11.8 Å². The Bertz CT molecular complexity index is 389. The number of hydrogen-bond acceptors (Lipinski definition) is 2. The van der Waals surface area contributed by atoms with Gasteiger partial charge in [-0.25, -0.2) is 0 Å². The Morgan fingerprint density at radius 2 is 1.89 bits per heavy atom. The van der Waals surface area contributed by atoms with Crippen LogP contribution in [0.15, 0.2) is 30.3 Å². The Morgan fingerprint density at radius 1 is 1.22 bits per heavy atom. The van der Waals surface area contributed by atoms with Crippen molar-refractivity contribution in [1.82, 2.24) is 0 Å². The molecule has 1 aromatic rings. The highest BCUT2D eigenvalue weighted by molar-refractivity contribution is 5.13. The molecule has 18 heavy (non-hydrogen) atoms. The third-order valence-corrected chi connectivity index (χ3v) is 2.86. The SMILES string of the molecule is CCC#C[C@@H](C)[C@H](O)[C@H](C)OCc1ccccc1. The molecule has 0 amide bonds. The van der Waals surface area contributed by atoms with Gasteiger partial charge in [0.05, 0.1) is 18.8 Å². The van der Waals surface area contributed by atoms with E-state index in [1.807, 2.05) is 51.1 Å². The van der Waals surface area contributed by atoms with E-state index in [4.69, 9.17) is 4.74 Å². The van der Waals surface area contributed by atoms with Gasteiger partial charge in [-0.1, -0.05) is 43.2 Å². The van der Waals surface area contributed by atoms with E-state index in [0.29, 0.717) is 6.61 Å². The van der Waals surface area contributed by atoms with Gasteiger partial charge in [-0.05, 0) is 19.4 Å². The van der Waals surface area contributed by atoms with Gasteiger partial charge in [0.2, 0.25) is 0 Å². The molecule has 0 aromatic heterocycles. The topological polar surface area (TPSA) is 29.5 Å². The summed E-state index contributed by atoms with van der Waals surface area (Å²) >= 11 is 0. The van der Waals surface area contributed by atoms with Gasteiger partial charge in [0.15, 0.2) is 0 Å². The predicted molar refractivity (Wildman–Crippen MR) is 73.9 cm³/mol. The summed E-state index contributed by atoms with van der Waals surface area (Å²) in [6.45, 7) is 6.34. The molecule has 0 aliphatic rings. The normalized spacial score (nSPS) is 15.3. The lowest BCUT2D eigenvalue weighted by atomic mass is 10.0. The smallest absolute Gasteiger partial charge is 0.0933 e. The summed E-state index contributed by atoms with van der Waals surface area (Å²) in [5.41, 5.74) is 1.11. The zero-order valence-corrected chi connectivity index (χ0v) is 11.4. The summed E-state index contributed by atoms with van der Waals surface area (Å²) in [6.07, 6.45) is 0.0511. The summed E-state index contributed by atoms with van der Waals surface area (Å²) in [7, 11) is 0. The van der Waals surface area contributed by atoms with Crippen molar-refractivity contribution in [2.45, 2.75) is 46.0 Å². The maximum absolute atomic E-state index is 10.1. The second-order valence-electron chi connectivity index (χ2n) is 4.46. The summed E-state index contributed by atoms with van der Waals surface area (Å²) < 4.78 is 5.67. The molecule has 0 unspecified atom stereocenters. The van der Waals surface area contributed by atoms with Gasteiger partial charge in [-0.3, -0.25) is 0 Å². The zero-order chi connectivity index (χ0) is 13.4. The van der Waals surface area contributed by atoms with Crippen molar-refractivity contribution in [1.29, 1.82) is 0 Å². The molecule has 2 nitrogen and oxygen atoms in total. The maximum atomic E-state index is 10.1. The average molecular weight is 246 g/mol. The minimum Gasteiger partial charge on any atom is -0.389 e. The lowest BCUT2D eigenvalue weighted by Gasteiger charge is -2.22. The third kappa shape index (κ3) is 4.91. The Hall–Kier alpha value is -1.30. The maximum Gasteiger partial charge on any atom is 0.0933 e. The first-order valence-electron chi connectivity index (χ1n) is 6.47.